The maximum absolute atomic E-state index is 11.7. The second-order valence-corrected chi connectivity index (χ2v) is 6.09. The number of hydrogen-bond acceptors (Lipinski definition) is 4. The van der Waals surface area contributed by atoms with Crippen LogP contribution in [0.3, 0.4) is 0 Å². The fraction of sp³-hybridized carbons (Fsp3) is 0.500. The SMILES string of the molecule is O=C(COc1cc(Cl)c(Cl)cc1Cl)O[C@@H]1CCCC[C@H]1O. The molecule has 7 heteroatoms. The first-order chi connectivity index (χ1) is 9.97. The monoisotopic (exact) mass is 352 g/mol. The van der Waals surface area contributed by atoms with Crippen LogP contribution < -0.4 is 4.74 Å². The van der Waals surface area contributed by atoms with E-state index in [-0.39, 0.29) is 22.4 Å². The van der Waals surface area contributed by atoms with Crippen LogP contribution in [-0.2, 0) is 9.53 Å². The topological polar surface area (TPSA) is 55.8 Å². The average molecular weight is 354 g/mol. The van der Waals surface area contributed by atoms with Gasteiger partial charge in [-0.25, -0.2) is 4.79 Å². The predicted molar refractivity (Wildman–Crippen MR) is 81.3 cm³/mol. The summed E-state index contributed by atoms with van der Waals surface area (Å²) in [5.74, 6) is -0.296. The number of ether oxygens (including phenoxy) is 2. The highest BCUT2D eigenvalue weighted by Crippen LogP contribution is 2.33. The van der Waals surface area contributed by atoms with Gasteiger partial charge in [0.1, 0.15) is 11.9 Å². The molecule has 0 aliphatic heterocycles. The van der Waals surface area contributed by atoms with Gasteiger partial charge in [-0.15, -0.1) is 0 Å². The van der Waals surface area contributed by atoms with Crippen molar-refractivity contribution in [1.82, 2.24) is 0 Å². The average Bonchev–Trinajstić information content (AvgIpc) is 2.44. The molecule has 21 heavy (non-hydrogen) atoms. The minimum Gasteiger partial charge on any atom is -0.480 e. The second-order valence-electron chi connectivity index (χ2n) is 4.87. The summed E-state index contributed by atoms with van der Waals surface area (Å²) in [6.07, 6.45) is 2.15. The Balaban J connectivity index is 1.88. The first-order valence-corrected chi connectivity index (χ1v) is 7.75. The lowest BCUT2D eigenvalue weighted by Gasteiger charge is -2.27. The summed E-state index contributed by atoms with van der Waals surface area (Å²) in [7, 11) is 0. The third-order valence-corrected chi connectivity index (χ3v) is 4.29. The van der Waals surface area contributed by atoms with Gasteiger partial charge >= 0.3 is 5.97 Å². The van der Waals surface area contributed by atoms with Crippen molar-refractivity contribution in [2.75, 3.05) is 6.61 Å². The molecule has 1 aromatic carbocycles. The summed E-state index contributed by atoms with van der Waals surface area (Å²) < 4.78 is 10.5. The number of hydrogen-bond donors (Lipinski definition) is 1. The number of aliphatic hydroxyl groups is 1. The predicted octanol–water partition coefficient (Wildman–Crippen LogP) is 3.87. The Morgan fingerprint density at radius 1 is 1.14 bits per heavy atom. The zero-order valence-corrected chi connectivity index (χ0v) is 13.4. The van der Waals surface area contributed by atoms with Gasteiger partial charge in [0.15, 0.2) is 6.61 Å². The Bertz CT molecular complexity index is 521. The van der Waals surface area contributed by atoms with Crippen molar-refractivity contribution in [3.8, 4) is 5.75 Å². The molecular formula is C14H15Cl3O4. The Morgan fingerprint density at radius 2 is 1.81 bits per heavy atom. The van der Waals surface area contributed by atoms with Gasteiger partial charge in [0.25, 0.3) is 0 Å². The minimum absolute atomic E-state index is 0.257. The summed E-state index contributed by atoms with van der Waals surface area (Å²) in [6.45, 7) is -0.305. The number of esters is 1. The van der Waals surface area contributed by atoms with E-state index < -0.39 is 18.2 Å². The number of benzene rings is 1. The van der Waals surface area contributed by atoms with Crippen LogP contribution in [0.25, 0.3) is 0 Å². The Kier molecular flexibility index (Phi) is 5.99. The third-order valence-electron chi connectivity index (χ3n) is 3.27. The summed E-state index contributed by atoms with van der Waals surface area (Å²) in [6, 6.07) is 2.88. The second kappa shape index (κ2) is 7.54. The highest BCUT2D eigenvalue weighted by Gasteiger charge is 2.26. The molecule has 0 saturated heterocycles. The number of aliphatic hydroxyl groups excluding tert-OH is 1. The van der Waals surface area contributed by atoms with Gasteiger partial charge in [0.2, 0.25) is 0 Å². The van der Waals surface area contributed by atoms with Gasteiger partial charge in [0, 0.05) is 6.07 Å². The van der Waals surface area contributed by atoms with Crippen LogP contribution in [0.15, 0.2) is 12.1 Å². The molecule has 0 bridgehead atoms. The zero-order valence-electron chi connectivity index (χ0n) is 11.2. The molecule has 1 aliphatic carbocycles. The normalized spacial score (nSPS) is 21.9. The molecule has 2 atom stereocenters. The minimum atomic E-state index is -0.601. The van der Waals surface area contributed by atoms with Crippen molar-refractivity contribution in [3.05, 3.63) is 27.2 Å². The molecule has 1 saturated carbocycles. The van der Waals surface area contributed by atoms with E-state index in [2.05, 4.69) is 0 Å². The van der Waals surface area contributed by atoms with Crippen LogP contribution >= 0.6 is 34.8 Å². The molecule has 0 aromatic heterocycles. The van der Waals surface area contributed by atoms with Gasteiger partial charge in [-0.1, -0.05) is 41.2 Å². The molecule has 2 rings (SSSR count). The van der Waals surface area contributed by atoms with Crippen LogP contribution in [0.1, 0.15) is 25.7 Å². The van der Waals surface area contributed by atoms with Gasteiger partial charge in [0.05, 0.1) is 21.2 Å². The van der Waals surface area contributed by atoms with Crippen LogP contribution in [0.2, 0.25) is 15.1 Å². The van der Waals surface area contributed by atoms with E-state index in [0.29, 0.717) is 17.9 Å². The van der Waals surface area contributed by atoms with Gasteiger partial charge in [-0.3, -0.25) is 0 Å². The maximum Gasteiger partial charge on any atom is 0.344 e. The fourth-order valence-electron chi connectivity index (χ4n) is 2.17. The van der Waals surface area contributed by atoms with Crippen molar-refractivity contribution in [2.24, 2.45) is 0 Å². The molecule has 1 aromatic rings. The standard InChI is InChI=1S/C14H15Cl3O4/c15-8-5-10(17)13(6-9(8)16)20-7-14(19)21-12-4-2-1-3-11(12)18/h5-6,11-12,18H,1-4,7H2/t11-,12-/m1/s1. The lowest BCUT2D eigenvalue weighted by Crippen LogP contribution is -2.35. The molecule has 0 radical (unpaired) electrons. The third kappa shape index (κ3) is 4.65. The lowest BCUT2D eigenvalue weighted by molar-refractivity contribution is -0.159. The molecular weight excluding hydrogens is 339 g/mol. The Hall–Kier alpha value is -0.680. The fourth-order valence-corrected chi connectivity index (χ4v) is 2.76. The Morgan fingerprint density at radius 3 is 2.52 bits per heavy atom. The molecule has 0 heterocycles. The summed E-state index contributed by atoms with van der Waals surface area (Å²) in [5.41, 5.74) is 0. The smallest absolute Gasteiger partial charge is 0.344 e. The van der Waals surface area contributed by atoms with E-state index in [1.165, 1.54) is 12.1 Å². The number of halogens is 3. The van der Waals surface area contributed by atoms with Gasteiger partial charge in [-0.05, 0) is 25.3 Å². The van der Waals surface area contributed by atoms with Crippen LogP contribution in [0.4, 0.5) is 0 Å². The molecule has 1 aliphatic rings. The first kappa shape index (κ1) is 16.7. The molecule has 1 fully saturated rings. The van der Waals surface area contributed by atoms with Crippen molar-refractivity contribution in [3.63, 3.8) is 0 Å². The van der Waals surface area contributed by atoms with Gasteiger partial charge < -0.3 is 14.6 Å². The summed E-state index contributed by atoms with van der Waals surface area (Å²) >= 11 is 17.6. The highest BCUT2D eigenvalue weighted by molar-refractivity contribution is 6.43. The van der Waals surface area contributed by atoms with Crippen molar-refractivity contribution in [1.29, 1.82) is 0 Å². The van der Waals surface area contributed by atoms with E-state index in [9.17, 15) is 9.90 Å². The van der Waals surface area contributed by atoms with E-state index >= 15 is 0 Å². The zero-order chi connectivity index (χ0) is 15.4. The number of carbonyl (C=O) groups excluding carboxylic acids is 1. The van der Waals surface area contributed by atoms with Crippen molar-refractivity contribution >= 4 is 40.8 Å². The van der Waals surface area contributed by atoms with Crippen LogP contribution in [-0.4, -0.2) is 29.9 Å². The molecule has 116 valence electrons. The van der Waals surface area contributed by atoms with Crippen LogP contribution in [0.5, 0.6) is 5.75 Å². The van der Waals surface area contributed by atoms with E-state index in [1.54, 1.807) is 0 Å². The highest BCUT2D eigenvalue weighted by atomic mass is 35.5. The summed E-state index contributed by atoms with van der Waals surface area (Å²) in [4.78, 5) is 11.7. The summed E-state index contributed by atoms with van der Waals surface area (Å²) in [5, 5.41) is 10.6. The maximum atomic E-state index is 11.7. The Labute approximate surface area is 137 Å². The molecule has 0 unspecified atom stereocenters. The number of carbonyl (C=O) groups is 1. The lowest BCUT2D eigenvalue weighted by atomic mass is 9.95. The quantitative estimate of drug-likeness (QED) is 0.659. The first-order valence-electron chi connectivity index (χ1n) is 6.62. The molecule has 0 amide bonds. The van der Waals surface area contributed by atoms with E-state index in [0.717, 1.165) is 12.8 Å². The van der Waals surface area contributed by atoms with Crippen molar-refractivity contribution in [2.45, 2.75) is 37.9 Å². The van der Waals surface area contributed by atoms with Gasteiger partial charge in [-0.2, -0.15) is 0 Å². The largest absolute Gasteiger partial charge is 0.480 e. The van der Waals surface area contributed by atoms with E-state index in [1.807, 2.05) is 0 Å². The van der Waals surface area contributed by atoms with Crippen molar-refractivity contribution < 1.29 is 19.4 Å². The van der Waals surface area contributed by atoms with E-state index in [4.69, 9.17) is 44.3 Å². The molecule has 1 N–H and O–H groups in total. The van der Waals surface area contributed by atoms with Crippen LogP contribution in [0, 0.1) is 0 Å². The molecule has 0 spiro atoms. The number of rotatable bonds is 4. The molecule has 4 nitrogen and oxygen atoms in total.